The zero-order valence-electron chi connectivity index (χ0n) is 9.05. The van der Waals surface area contributed by atoms with Gasteiger partial charge in [-0.15, -0.1) is 0 Å². The van der Waals surface area contributed by atoms with Gasteiger partial charge in [-0.3, -0.25) is 14.9 Å². The standard InChI is InChI=1S/C10H12N6O/c11-7-1-2-8(12-4-7)3-10(17)13-5-9-14-6-15-16-9/h1-2,4,6H,3,5,11H2,(H,13,17)(H,14,15,16). The van der Waals surface area contributed by atoms with Gasteiger partial charge in [0.2, 0.25) is 5.91 Å². The Labute approximate surface area is 97.5 Å². The molecular formula is C10H12N6O. The number of nitrogens with two attached hydrogens (primary N) is 1. The SMILES string of the molecule is Nc1ccc(CC(=O)NCc2ncn[nH]2)nc1. The highest BCUT2D eigenvalue weighted by Gasteiger charge is 2.05. The van der Waals surface area contributed by atoms with E-state index in [-0.39, 0.29) is 12.3 Å². The Balaban J connectivity index is 1.83. The van der Waals surface area contributed by atoms with Crippen molar-refractivity contribution in [1.29, 1.82) is 0 Å². The van der Waals surface area contributed by atoms with Crippen molar-refractivity contribution in [2.24, 2.45) is 0 Å². The maximum absolute atomic E-state index is 11.5. The van der Waals surface area contributed by atoms with E-state index in [2.05, 4.69) is 25.5 Å². The Morgan fingerprint density at radius 2 is 2.29 bits per heavy atom. The van der Waals surface area contributed by atoms with E-state index in [0.29, 0.717) is 23.8 Å². The third-order valence-electron chi connectivity index (χ3n) is 2.11. The molecule has 7 heteroatoms. The van der Waals surface area contributed by atoms with Gasteiger partial charge in [0.25, 0.3) is 0 Å². The third kappa shape index (κ3) is 3.26. The van der Waals surface area contributed by atoms with Crippen molar-refractivity contribution in [3.8, 4) is 0 Å². The van der Waals surface area contributed by atoms with Gasteiger partial charge in [0.15, 0.2) is 0 Å². The molecule has 7 nitrogen and oxygen atoms in total. The molecule has 17 heavy (non-hydrogen) atoms. The number of aromatic amines is 1. The summed E-state index contributed by atoms with van der Waals surface area (Å²) in [5.41, 5.74) is 6.75. The topological polar surface area (TPSA) is 110 Å². The van der Waals surface area contributed by atoms with Crippen LogP contribution in [0.15, 0.2) is 24.7 Å². The molecule has 1 amide bonds. The molecule has 88 valence electrons. The zero-order valence-corrected chi connectivity index (χ0v) is 9.05. The van der Waals surface area contributed by atoms with E-state index in [4.69, 9.17) is 5.73 Å². The van der Waals surface area contributed by atoms with Gasteiger partial charge < -0.3 is 11.1 Å². The molecule has 0 aromatic carbocycles. The highest BCUT2D eigenvalue weighted by Crippen LogP contribution is 2.01. The molecule has 2 aromatic heterocycles. The zero-order chi connectivity index (χ0) is 12.1. The first-order valence-corrected chi connectivity index (χ1v) is 5.05. The first-order chi connectivity index (χ1) is 8.24. The molecule has 0 aliphatic carbocycles. The van der Waals surface area contributed by atoms with Crippen molar-refractivity contribution in [2.75, 3.05) is 5.73 Å². The van der Waals surface area contributed by atoms with Gasteiger partial charge in [0.05, 0.1) is 24.8 Å². The van der Waals surface area contributed by atoms with E-state index < -0.39 is 0 Å². The highest BCUT2D eigenvalue weighted by atomic mass is 16.1. The minimum Gasteiger partial charge on any atom is -0.397 e. The number of nitrogen functional groups attached to an aromatic ring is 1. The Bertz CT molecular complexity index is 478. The van der Waals surface area contributed by atoms with Gasteiger partial charge in [-0.2, -0.15) is 5.10 Å². The number of nitrogens with one attached hydrogen (secondary N) is 2. The van der Waals surface area contributed by atoms with Gasteiger partial charge in [-0.1, -0.05) is 0 Å². The van der Waals surface area contributed by atoms with Crippen molar-refractivity contribution >= 4 is 11.6 Å². The summed E-state index contributed by atoms with van der Waals surface area (Å²) in [4.78, 5) is 19.5. The maximum Gasteiger partial charge on any atom is 0.226 e. The van der Waals surface area contributed by atoms with E-state index in [1.807, 2.05) is 0 Å². The number of aromatic nitrogens is 4. The molecule has 0 radical (unpaired) electrons. The van der Waals surface area contributed by atoms with Crippen LogP contribution >= 0.6 is 0 Å². The quantitative estimate of drug-likeness (QED) is 0.667. The van der Waals surface area contributed by atoms with Crippen LogP contribution in [-0.4, -0.2) is 26.1 Å². The highest BCUT2D eigenvalue weighted by molar-refractivity contribution is 5.78. The summed E-state index contributed by atoms with van der Waals surface area (Å²) in [7, 11) is 0. The lowest BCUT2D eigenvalue weighted by Crippen LogP contribution is -2.25. The minimum absolute atomic E-state index is 0.126. The van der Waals surface area contributed by atoms with Crippen molar-refractivity contribution in [3.05, 3.63) is 36.2 Å². The van der Waals surface area contributed by atoms with Crippen LogP contribution in [-0.2, 0) is 17.8 Å². The number of rotatable bonds is 4. The largest absolute Gasteiger partial charge is 0.397 e. The normalized spacial score (nSPS) is 10.1. The molecule has 0 aliphatic rings. The summed E-state index contributed by atoms with van der Waals surface area (Å²) in [6.07, 6.45) is 3.14. The molecule has 0 atom stereocenters. The van der Waals surface area contributed by atoms with E-state index in [1.54, 1.807) is 12.1 Å². The van der Waals surface area contributed by atoms with Gasteiger partial charge in [-0.05, 0) is 12.1 Å². The smallest absolute Gasteiger partial charge is 0.226 e. The molecule has 0 saturated heterocycles. The monoisotopic (exact) mass is 232 g/mol. The molecule has 4 N–H and O–H groups in total. The molecule has 0 bridgehead atoms. The Hall–Kier alpha value is -2.44. The van der Waals surface area contributed by atoms with E-state index in [1.165, 1.54) is 12.5 Å². The first kappa shape index (κ1) is 11.1. The minimum atomic E-state index is -0.126. The number of carbonyl (C=O) groups excluding carboxylic acids is 1. The van der Waals surface area contributed by atoms with Crippen molar-refractivity contribution < 1.29 is 4.79 Å². The summed E-state index contributed by atoms with van der Waals surface area (Å²) < 4.78 is 0. The third-order valence-corrected chi connectivity index (χ3v) is 2.11. The fraction of sp³-hybridized carbons (Fsp3) is 0.200. The van der Waals surface area contributed by atoms with Crippen LogP contribution < -0.4 is 11.1 Å². The lowest BCUT2D eigenvalue weighted by molar-refractivity contribution is -0.120. The molecule has 0 aliphatic heterocycles. The number of anilines is 1. The second kappa shape index (κ2) is 5.06. The number of H-pyrrole nitrogens is 1. The summed E-state index contributed by atoms with van der Waals surface area (Å²) in [5.74, 6) is 0.488. The Morgan fingerprint density at radius 1 is 1.41 bits per heavy atom. The van der Waals surface area contributed by atoms with Crippen molar-refractivity contribution in [1.82, 2.24) is 25.5 Å². The van der Waals surface area contributed by atoms with Crippen LogP contribution in [0.1, 0.15) is 11.5 Å². The molecule has 0 fully saturated rings. The number of carbonyl (C=O) groups is 1. The number of hydrogen-bond acceptors (Lipinski definition) is 5. The van der Waals surface area contributed by atoms with Crippen LogP contribution in [0, 0.1) is 0 Å². The molecule has 0 saturated carbocycles. The fourth-order valence-electron chi connectivity index (χ4n) is 1.27. The summed E-state index contributed by atoms with van der Waals surface area (Å²) in [6, 6.07) is 3.44. The van der Waals surface area contributed by atoms with Crippen LogP contribution in [0.4, 0.5) is 5.69 Å². The lowest BCUT2D eigenvalue weighted by Gasteiger charge is -2.02. The van der Waals surface area contributed by atoms with Crippen LogP contribution in [0.2, 0.25) is 0 Å². The van der Waals surface area contributed by atoms with Crippen LogP contribution in [0.5, 0.6) is 0 Å². The number of pyridine rings is 1. The van der Waals surface area contributed by atoms with E-state index in [9.17, 15) is 4.79 Å². The molecule has 0 unspecified atom stereocenters. The fourth-order valence-corrected chi connectivity index (χ4v) is 1.27. The van der Waals surface area contributed by atoms with E-state index >= 15 is 0 Å². The predicted octanol–water partition coefficient (Wildman–Crippen LogP) is -0.359. The van der Waals surface area contributed by atoms with Gasteiger partial charge >= 0.3 is 0 Å². The predicted molar refractivity (Wildman–Crippen MR) is 60.6 cm³/mol. The Morgan fingerprint density at radius 3 is 2.94 bits per heavy atom. The number of amides is 1. The van der Waals surface area contributed by atoms with Gasteiger partial charge in [0.1, 0.15) is 12.2 Å². The lowest BCUT2D eigenvalue weighted by atomic mass is 10.2. The van der Waals surface area contributed by atoms with Crippen molar-refractivity contribution in [2.45, 2.75) is 13.0 Å². The summed E-state index contributed by atoms with van der Waals surface area (Å²) >= 11 is 0. The second-order valence-corrected chi connectivity index (χ2v) is 3.47. The van der Waals surface area contributed by atoms with E-state index in [0.717, 1.165) is 0 Å². The summed E-state index contributed by atoms with van der Waals surface area (Å²) in [5, 5.41) is 9.04. The first-order valence-electron chi connectivity index (χ1n) is 5.05. The molecular weight excluding hydrogens is 220 g/mol. The molecule has 2 heterocycles. The van der Waals surface area contributed by atoms with Gasteiger partial charge in [0, 0.05) is 5.69 Å². The van der Waals surface area contributed by atoms with Crippen LogP contribution in [0.25, 0.3) is 0 Å². The average molecular weight is 232 g/mol. The van der Waals surface area contributed by atoms with Gasteiger partial charge in [-0.25, -0.2) is 4.98 Å². The van der Waals surface area contributed by atoms with Crippen molar-refractivity contribution in [3.63, 3.8) is 0 Å². The second-order valence-electron chi connectivity index (χ2n) is 3.47. The van der Waals surface area contributed by atoms with Crippen LogP contribution in [0.3, 0.4) is 0 Å². The molecule has 2 rings (SSSR count). The Kier molecular flexibility index (Phi) is 3.29. The molecule has 2 aromatic rings. The summed E-state index contributed by atoms with van der Waals surface area (Å²) in [6.45, 7) is 0.327. The maximum atomic E-state index is 11.5. The number of nitrogens with zero attached hydrogens (tertiary/aromatic N) is 3. The average Bonchev–Trinajstić information content (AvgIpc) is 2.83. The number of hydrogen-bond donors (Lipinski definition) is 3. The molecule has 0 spiro atoms.